The van der Waals surface area contributed by atoms with Gasteiger partial charge in [-0.3, -0.25) is 4.79 Å². The number of rotatable bonds is 3. The zero-order valence-corrected chi connectivity index (χ0v) is 12.9. The van der Waals surface area contributed by atoms with E-state index >= 15 is 0 Å². The summed E-state index contributed by atoms with van der Waals surface area (Å²) in [4.78, 5) is 8.58. The van der Waals surface area contributed by atoms with E-state index in [0.29, 0.717) is 12.1 Å². The molecule has 0 bridgehead atoms. The topological polar surface area (TPSA) is 66.9 Å². The largest absolute Gasteiger partial charge is 0.417 e. The zero-order chi connectivity index (χ0) is 17.7. The Morgan fingerprint density at radius 1 is 1.26 bits per heavy atom. The highest BCUT2D eigenvalue weighted by Gasteiger charge is 2.31. The number of hydrogen-bond donors (Lipinski definition) is 2. The third-order valence-corrected chi connectivity index (χ3v) is 2.70. The monoisotopic (exact) mass is 326 g/mol. The van der Waals surface area contributed by atoms with E-state index in [1.54, 1.807) is 6.08 Å². The Labute approximate surface area is 134 Å². The van der Waals surface area contributed by atoms with E-state index in [9.17, 15) is 13.2 Å². The van der Waals surface area contributed by atoms with Gasteiger partial charge < -0.3 is 11.1 Å². The van der Waals surface area contributed by atoms with Crippen LogP contribution in [-0.2, 0) is 4.79 Å². The summed E-state index contributed by atoms with van der Waals surface area (Å²) in [6.45, 7) is 2.08. The van der Waals surface area contributed by atoms with Crippen molar-refractivity contribution in [3.05, 3.63) is 59.7 Å². The van der Waals surface area contributed by atoms with Crippen LogP contribution >= 0.6 is 0 Å². The number of allylic oxidation sites excluding steroid dienone is 4. The second kappa shape index (κ2) is 11.2. The number of halogens is 3. The summed E-state index contributed by atoms with van der Waals surface area (Å²) in [5.41, 5.74) is 4.58. The number of nitrogens with two attached hydrogens (primary N) is 1. The van der Waals surface area contributed by atoms with E-state index in [-0.39, 0.29) is 6.41 Å². The van der Waals surface area contributed by atoms with Crippen LogP contribution in [0.3, 0.4) is 0 Å². The molecule has 0 atom stereocenters. The molecule has 1 saturated carbocycles. The van der Waals surface area contributed by atoms with Crippen molar-refractivity contribution in [3.63, 3.8) is 0 Å². The Morgan fingerprint density at radius 3 is 2.09 bits per heavy atom. The minimum Gasteiger partial charge on any atom is -0.372 e. The minimum atomic E-state index is -4.41. The molecule has 0 heterocycles. The highest BCUT2D eigenvalue weighted by atomic mass is 19.4. The quantitative estimate of drug-likeness (QED) is 0.488. The molecule has 1 aromatic carbocycles. The van der Waals surface area contributed by atoms with Crippen LogP contribution in [-0.4, -0.2) is 18.8 Å². The van der Waals surface area contributed by atoms with Crippen LogP contribution in [0.1, 0.15) is 18.4 Å². The van der Waals surface area contributed by atoms with Gasteiger partial charge in [0.1, 0.15) is 0 Å². The number of alkyl halides is 3. The van der Waals surface area contributed by atoms with Crippen LogP contribution in [0, 0.1) is 18.3 Å². The number of aryl methyl sites for hydroxylation is 1. The normalized spacial score (nSPS) is 14.2. The smallest absolute Gasteiger partial charge is 0.372 e. The summed E-state index contributed by atoms with van der Waals surface area (Å²) < 4.78 is 36.0. The minimum absolute atomic E-state index is 0.250. The number of hydrogen-bond acceptors (Lipinski definition) is 2. The van der Waals surface area contributed by atoms with Gasteiger partial charge in [0.05, 0.1) is 5.57 Å². The molecule has 1 aliphatic carbocycles. The average Bonchev–Trinajstić information content (AvgIpc) is 3.29. The van der Waals surface area contributed by atoms with E-state index in [4.69, 9.17) is 10.2 Å². The van der Waals surface area contributed by atoms with Gasteiger partial charge in [0.15, 0.2) is 0 Å². The molecule has 3 N–H and O–H groups in total. The van der Waals surface area contributed by atoms with Gasteiger partial charge in [-0.1, -0.05) is 48.0 Å². The lowest BCUT2D eigenvalue weighted by Crippen LogP contribution is -2.12. The third kappa shape index (κ3) is 11.9. The first-order valence-corrected chi connectivity index (χ1v) is 6.98. The molecule has 6 heteroatoms. The Balaban J connectivity index is 0.000000404. The summed E-state index contributed by atoms with van der Waals surface area (Å²) in [5.74, 6) is 0.455. The standard InChI is InChI=1S/C9H10F3N.C7H8.CH3NO/c10-9(11,12)8(6-13)3-1-2-7-4-5-7;1-7-5-3-2-4-6-7;2-1-3/h1-3,6-7,13H,4-5H2;2-6H,1H3;1H,(H2,2,3)/b2-1+,8-3+,13-6?;;. The highest BCUT2D eigenvalue weighted by molar-refractivity contribution is 5.78. The summed E-state index contributed by atoms with van der Waals surface area (Å²) in [6.07, 6.45) is 2.37. The zero-order valence-electron chi connectivity index (χ0n) is 12.9. The maximum Gasteiger partial charge on any atom is 0.417 e. The number of benzene rings is 1. The second-order valence-electron chi connectivity index (χ2n) is 4.78. The summed E-state index contributed by atoms with van der Waals surface area (Å²) in [6, 6.07) is 10.3. The molecule has 0 spiro atoms. The van der Waals surface area contributed by atoms with Gasteiger partial charge in [0, 0.05) is 6.21 Å². The Bertz CT molecular complexity index is 518. The van der Waals surface area contributed by atoms with Crippen molar-refractivity contribution in [2.24, 2.45) is 11.7 Å². The molecule has 1 amide bonds. The Hall–Kier alpha value is -2.37. The summed E-state index contributed by atoms with van der Waals surface area (Å²) >= 11 is 0. The molecule has 0 aliphatic heterocycles. The fourth-order valence-electron chi connectivity index (χ4n) is 1.36. The van der Waals surface area contributed by atoms with Gasteiger partial charge in [-0.25, -0.2) is 0 Å². The van der Waals surface area contributed by atoms with E-state index < -0.39 is 11.7 Å². The lowest BCUT2D eigenvalue weighted by molar-refractivity contribution is -0.106. The molecule has 2 rings (SSSR count). The van der Waals surface area contributed by atoms with Crippen LogP contribution in [0.4, 0.5) is 13.2 Å². The maximum atomic E-state index is 12.0. The molecular formula is C17H21F3N2O. The number of carbonyl (C=O) groups is 1. The van der Waals surface area contributed by atoms with Gasteiger partial charge >= 0.3 is 6.18 Å². The molecule has 23 heavy (non-hydrogen) atoms. The highest BCUT2D eigenvalue weighted by Crippen LogP contribution is 2.30. The molecule has 126 valence electrons. The summed E-state index contributed by atoms with van der Waals surface area (Å²) in [7, 11) is 0. The van der Waals surface area contributed by atoms with Crippen molar-refractivity contribution < 1.29 is 18.0 Å². The van der Waals surface area contributed by atoms with Crippen molar-refractivity contribution in [2.75, 3.05) is 0 Å². The Kier molecular flexibility index (Phi) is 10.1. The predicted molar refractivity (Wildman–Crippen MR) is 86.2 cm³/mol. The molecule has 1 fully saturated rings. The first-order chi connectivity index (χ1) is 10.8. The molecular weight excluding hydrogens is 305 g/mol. The number of amides is 1. The van der Waals surface area contributed by atoms with Crippen LogP contribution in [0.25, 0.3) is 0 Å². The number of primary amides is 1. The van der Waals surface area contributed by atoms with Gasteiger partial charge in [-0.15, -0.1) is 0 Å². The summed E-state index contributed by atoms with van der Waals surface area (Å²) in [5, 5.41) is 6.57. The van der Waals surface area contributed by atoms with Crippen molar-refractivity contribution in [3.8, 4) is 0 Å². The van der Waals surface area contributed by atoms with Crippen LogP contribution in [0.15, 0.2) is 54.1 Å². The molecule has 3 nitrogen and oxygen atoms in total. The SMILES string of the molecule is Cc1ccccc1.N=C/C(=C\C=C\C1CC1)C(F)(F)F.NC=O. The van der Waals surface area contributed by atoms with Gasteiger partial charge in [-0.2, -0.15) is 13.2 Å². The number of nitrogens with one attached hydrogen (secondary N) is 1. The van der Waals surface area contributed by atoms with Gasteiger partial charge in [0.25, 0.3) is 0 Å². The van der Waals surface area contributed by atoms with E-state index in [1.807, 2.05) is 18.2 Å². The first-order valence-electron chi connectivity index (χ1n) is 6.98. The average molecular weight is 326 g/mol. The molecule has 0 unspecified atom stereocenters. The fraction of sp³-hybridized carbons (Fsp3) is 0.294. The lowest BCUT2D eigenvalue weighted by atomic mass is 10.2. The lowest BCUT2D eigenvalue weighted by Gasteiger charge is -2.04. The maximum absolute atomic E-state index is 12.0. The van der Waals surface area contributed by atoms with Crippen molar-refractivity contribution in [2.45, 2.75) is 25.9 Å². The second-order valence-corrected chi connectivity index (χ2v) is 4.78. The third-order valence-electron chi connectivity index (χ3n) is 2.70. The van der Waals surface area contributed by atoms with Crippen LogP contribution in [0.5, 0.6) is 0 Å². The van der Waals surface area contributed by atoms with Crippen LogP contribution < -0.4 is 5.73 Å². The molecule has 1 aliphatic rings. The molecule has 0 saturated heterocycles. The molecule has 0 radical (unpaired) electrons. The van der Waals surface area contributed by atoms with Crippen LogP contribution in [0.2, 0.25) is 0 Å². The predicted octanol–water partition coefficient (Wildman–Crippen LogP) is 4.19. The Morgan fingerprint density at radius 2 is 1.78 bits per heavy atom. The first kappa shape index (κ1) is 20.6. The van der Waals surface area contributed by atoms with Gasteiger partial charge in [-0.05, 0) is 31.8 Å². The van der Waals surface area contributed by atoms with E-state index in [1.165, 1.54) is 11.6 Å². The fourth-order valence-corrected chi connectivity index (χ4v) is 1.36. The van der Waals surface area contributed by atoms with Crippen molar-refractivity contribution in [1.29, 1.82) is 5.41 Å². The molecule has 0 aromatic heterocycles. The number of carbonyl (C=O) groups excluding carboxylic acids is 1. The molecule has 1 aromatic rings. The van der Waals surface area contributed by atoms with Crippen molar-refractivity contribution >= 4 is 12.6 Å². The van der Waals surface area contributed by atoms with Crippen molar-refractivity contribution in [1.82, 2.24) is 0 Å². The van der Waals surface area contributed by atoms with E-state index in [2.05, 4.69) is 24.8 Å². The van der Waals surface area contributed by atoms with Gasteiger partial charge in [0.2, 0.25) is 6.41 Å². The van der Waals surface area contributed by atoms with E-state index in [0.717, 1.165) is 18.9 Å².